The Bertz CT molecular complexity index is 793. The Kier molecular flexibility index (Phi) is 5.33. The van der Waals surface area contributed by atoms with Gasteiger partial charge in [0.15, 0.2) is 0 Å². The molecular weight excluding hydrogens is 322 g/mol. The molecule has 0 aromatic carbocycles. The maximum absolute atomic E-state index is 12.5. The molecule has 1 aliphatic carbocycles. The lowest BCUT2D eigenvalue weighted by Crippen LogP contribution is -2.32. The summed E-state index contributed by atoms with van der Waals surface area (Å²) in [5.41, 5.74) is 1.17. The van der Waals surface area contributed by atoms with Crippen LogP contribution < -0.4 is 10.9 Å². The van der Waals surface area contributed by atoms with Gasteiger partial charge < -0.3 is 10.3 Å². The lowest BCUT2D eigenvalue weighted by molar-refractivity contribution is -0.121. The van der Waals surface area contributed by atoms with Crippen LogP contribution in [0.5, 0.6) is 0 Å². The second-order valence-electron chi connectivity index (χ2n) is 6.63. The molecule has 2 aromatic heterocycles. The molecule has 5 nitrogen and oxygen atoms in total. The molecule has 2 heterocycles. The van der Waals surface area contributed by atoms with Crippen molar-refractivity contribution in [3.8, 4) is 0 Å². The van der Waals surface area contributed by atoms with Crippen molar-refractivity contribution < 1.29 is 4.79 Å². The Hall–Kier alpha value is -1.69. The molecule has 0 saturated carbocycles. The van der Waals surface area contributed by atoms with Crippen molar-refractivity contribution in [1.29, 1.82) is 0 Å². The number of hydrogen-bond acceptors (Lipinski definition) is 4. The van der Waals surface area contributed by atoms with E-state index in [4.69, 9.17) is 0 Å². The van der Waals surface area contributed by atoms with Crippen LogP contribution in [-0.2, 0) is 24.1 Å². The number of amides is 1. The molecule has 2 aromatic rings. The Morgan fingerprint density at radius 1 is 1.33 bits per heavy atom. The van der Waals surface area contributed by atoms with Crippen molar-refractivity contribution in [1.82, 2.24) is 15.3 Å². The van der Waals surface area contributed by atoms with Crippen LogP contribution in [0.2, 0.25) is 0 Å². The van der Waals surface area contributed by atoms with E-state index in [2.05, 4.69) is 15.3 Å². The van der Waals surface area contributed by atoms with Crippen molar-refractivity contribution in [2.75, 3.05) is 0 Å². The van der Waals surface area contributed by atoms with Gasteiger partial charge in [-0.15, -0.1) is 11.3 Å². The summed E-state index contributed by atoms with van der Waals surface area (Å²) in [6, 6.07) is 0.181. The minimum absolute atomic E-state index is 0.00839. The number of hydrogen-bond donors (Lipinski definition) is 2. The van der Waals surface area contributed by atoms with Crippen LogP contribution >= 0.6 is 11.3 Å². The number of nitrogens with zero attached hydrogens (tertiary/aromatic N) is 1. The van der Waals surface area contributed by atoms with E-state index in [0.717, 1.165) is 35.9 Å². The fourth-order valence-electron chi connectivity index (χ4n) is 3.18. The highest BCUT2D eigenvalue weighted by Crippen LogP contribution is 2.32. The van der Waals surface area contributed by atoms with E-state index >= 15 is 0 Å². The molecule has 3 rings (SSSR count). The van der Waals surface area contributed by atoms with Crippen LogP contribution in [0.4, 0.5) is 0 Å². The summed E-state index contributed by atoms with van der Waals surface area (Å²) in [7, 11) is 0. The number of rotatable bonds is 5. The number of aromatic amines is 1. The van der Waals surface area contributed by atoms with E-state index in [9.17, 15) is 9.59 Å². The second-order valence-corrected chi connectivity index (χ2v) is 7.72. The highest BCUT2D eigenvalue weighted by molar-refractivity contribution is 7.18. The first-order chi connectivity index (χ1) is 11.6. The van der Waals surface area contributed by atoms with E-state index in [1.807, 2.05) is 13.8 Å². The van der Waals surface area contributed by atoms with Crippen LogP contribution in [0.25, 0.3) is 10.2 Å². The van der Waals surface area contributed by atoms with Crippen LogP contribution in [0.3, 0.4) is 0 Å². The van der Waals surface area contributed by atoms with Gasteiger partial charge >= 0.3 is 0 Å². The van der Waals surface area contributed by atoms with Gasteiger partial charge in [-0.2, -0.15) is 0 Å². The average molecular weight is 347 g/mol. The molecule has 1 amide bonds. The van der Waals surface area contributed by atoms with Crippen molar-refractivity contribution in [3.05, 3.63) is 26.6 Å². The first-order valence-electron chi connectivity index (χ1n) is 8.91. The molecule has 0 radical (unpaired) electrons. The lowest BCUT2D eigenvalue weighted by atomic mass is 10.1. The predicted molar refractivity (Wildman–Crippen MR) is 97.7 cm³/mol. The van der Waals surface area contributed by atoms with Gasteiger partial charge in [0.05, 0.1) is 5.39 Å². The monoisotopic (exact) mass is 347 g/mol. The summed E-state index contributed by atoms with van der Waals surface area (Å²) in [5, 5.41) is 3.72. The zero-order valence-electron chi connectivity index (χ0n) is 14.4. The topological polar surface area (TPSA) is 74.8 Å². The molecule has 0 saturated heterocycles. The molecule has 0 fully saturated rings. The van der Waals surface area contributed by atoms with Gasteiger partial charge in [0.2, 0.25) is 5.91 Å². The van der Waals surface area contributed by atoms with Gasteiger partial charge in [-0.25, -0.2) is 4.98 Å². The molecule has 24 heavy (non-hydrogen) atoms. The standard InChI is InChI=1S/C18H25N3O2S/c1-3-11(2)19-15(22)10-9-14-20-17(23)16-12-7-5-4-6-8-13(12)24-18(16)21-14/h11H,3-10H2,1-2H3,(H,19,22)(H,20,21,23)/t11-/m0/s1. The number of nitrogens with one attached hydrogen (secondary N) is 2. The normalized spacial score (nSPS) is 15.8. The van der Waals surface area contributed by atoms with Crippen LogP contribution in [-0.4, -0.2) is 21.9 Å². The summed E-state index contributed by atoms with van der Waals surface area (Å²) in [4.78, 5) is 34.1. The van der Waals surface area contributed by atoms with E-state index < -0.39 is 0 Å². The van der Waals surface area contributed by atoms with E-state index in [1.54, 1.807) is 11.3 Å². The third kappa shape index (κ3) is 3.69. The Balaban J connectivity index is 1.79. The van der Waals surface area contributed by atoms with Gasteiger partial charge in [0.1, 0.15) is 10.7 Å². The molecule has 0 spiro atoms. The van der Waals surface area contributed by atoms with Gasteiger partial charge in [-0.1, -0.05) is 13.3 Å². The van der Waals surface area contributed by atoms with Gasteiger partial charge in [0.25, 0.3) is 5.56 Å². The van der Waals surface area contributed by atoms with Crippen molar-refractivity contribution in [3.63, 3.8) is 0 Å². The summed E-state index contributed by atoms with van der Waals surface area (Å²) in [6.07, 6.45) is 7.35. The fourth-order valence-corrected chi connectivity index (χ4v) is 4.47. The summed E-state index contributed by atoms with van der Waals surface area (Å²) >= 11 is 1.66. The van der Waals surface area contributed by atoms with Gasteiger partial charge in [0, 0.05) is 23.8 Å². The summed E-state index contributed by atoms with van der Waals surface area (Å²) in [6.45, 7) is 4.03. The Labute approximate surface area is 145 Å². The smallest absolute Gasteiger partial charge is 0.259 e. The minimum Gasteiger partial charge on any atom is -0.354 e. The number of aryl methyl sites for hydroxylation is 3. The molecule has 0 bridgehead atoms. The molecule has 130 valence electrons. The third-order valence-electron chi connectivity index (χ3n) is 4.73. The molecule has 6 heteroatoms. The van der Waals surface area contributed by atoms with Gasteiger partial charge in [-0.05, 0) is 44.6 Å². The molecule has 1 aliphatic rings. The number of carbonyl (C=O) groups excluding carboxylic acids is 1. The predicted octanol–water partition coefficient (Wildman–Crippen LogP) is 3.10. The SMILES string of the molecule is CC[C@H](C)NC(=O)CCc1nc2sc3c(c2c(=O)[nH]1)CCCCC3. The number of thiophene rings is 1. The molecule has 0 unspecified atom stereocenters. The number of aromatic nitrogens is 2. The highest BCUT2D eigenvalue weighted by atomic mass is 32.1. The maximum atomic E-state index is 12.5. The molecule has 2 N–H and O–H groups in total. The third-order valence-corrected chi connectivity index (χ3v) is 5.92. The van der Waals surface area contributed by atoms with E-state index in [0.29, 0.717) is 18.7 Å². The maximum Gasteiger partial charge on any atom is 0.259 e. The quantitative estimate of drug-likeness (QED) is 0.816. The first kappa shape index (κ1) is 17.1. The number of fused-ring (bicyclic) bond motifs is 3. The van der Waals surface area contributed by atoms with Crippen molar-refractivity contribution >= 4 is 27.5 Å². The van der Waals surface area contributed by atoms with Crippen LogP contribution in [0.15, 0.2) is 4.79 Å². The Morgan fingerprint density at radius 3 is 2.92 bits per heavy atom. The van der Waals surface area contributed by atoms with Crippen LogP contribution in [0.1, 0.15) is 62.2 Å². The summed E-state index contributed by atoms with van der Waals surface area (Å²) in [5.74, 6) is 0.622. The largest absolute Gasteiger partial charge is 0.354 e. The van der Waals surface area contributed by atoms with Crippen molar-refractivity contribution in [2.24, 2.45) is 0 Å². The van der Waals surface area contributed by atoms with Gasteiger partial charge in [-0.3, -0.25) is 9.59 Å². The number of carbonyl (C=O) groups is 1. The average Bonchev–Trinajstić information content (AvgIpc) is 2.75. The lowest BCUT2D eigenvalue weighted by Gasteiger charge is -2.10. The first-order valence-corrected chi connectivity index (χ1v) is 9.73. The number of H-pyrrole nitrogens is 1. The van der Waals surface area contributed by atoms with Crippen LogP contribution in [0, 0.1) is 0 Å². The van der Waals surface area contributed by atoms with Crippen molar-refractivity contribution in [2.45, 2.75) is 71.3 Å². The Morgan fingerprint density at radius 2 is 2.12 bits per heavy atom. The zero-order valence-corrected chi connectivity index (χ0v) is 15.2. The highest BCUT2D eigenvalue weighted by Gasteiger charge is 2.19. The zero-order chi connectivity index (χ0) is 17.1. The fraction of sp³-hybridized carbons (Fsp3) is 0.611. The van der Waals surface area contributed by atoms with E-state index in [1.165, 1.54) is 23.3 Å². The second kappa shape index (κ2) is 7.47. The minimum atomic E-state index is -0.0447. The molecule has 0 aliphatic heterocycles. The van der Waals surface area contributed by atoms with E-state index in [-0.39, 0.29) is 17.5 Å². The molecular formula is C18H25N3O2S. The summed E-state index contributed by atoms with van der Waals surface area (Å²) < 4.78 is 0. The molecule has 1 atom stereocenters.